The Hall–Kier alpha value is -1.71. The number of aromatic nitrogens is 3. The number of hydrogen-bond donors (Lipinski definition) is 2. The van der Waals surface area contributed by atoms with Crippen LogP contribution in [0.25, 0.3) is 0 Å². The standard InChI is InChI=1S/C12H18N4/c1-12(2,3)16-9-11(8-15-16)14-7-10-4-5-13-6-10/h4-6,8-9,13-14H,7H2,1-3H3. The Balaban J connectivity index is 1.98. The number of rotatable bonds is 3. The molecule has 2 aromatic heterocycles. The predicted octanol–water partition coefficient (Wildman–Crippen LogP) is 2.58. The molecule has 0 aliphatic rings. The SMILES string of the molecule is CC(C)(C)n1cc(NCc2cc[nH]c2)cn1. The number of aromatic amines is 1. The lowest BCUT2D eigenvalue weighted by molar-refractivity contribution is 0.355. The average molecular weight is 218 g/mol. The molecule has 0 aromatic carbocycles. The lowest BCUT2D eigenvalue weighted by atomic mass is 10.1. The highest BCUT2D eigenvalue weighted by molar-refractivity contribution is 5.39. The number of nitrogens with zero attached hydrogens (tertiary/aromatic N) is 2. The van der Waals surface area contributed by atoms with E-state index in [-0.39, 0.29) is 5.54 Å². The van der Waals surface area contributed by atoms with Gasteiger partial charge in [0.05, 0.1) is 17.4 Å². The molecule has 0 aliphatic heterocycles. The zero-order valence-corrected chi connectivity index (χ0v) is 9.99. The molecule has 0 bridgehead atoms. The van der Waals surface area contributed by atoms with Crippen molar-refractivity contribution in [2.45, 2.75) is 32.9 Å². The van der Waals surface area contributed by atoms with Gasteiger partial charge in [-0.2, -0.15) is 5.10 Å². The summed E-state index contributed by atoms with van der Waals surface area (Å²) < 4.78 is 1.96. The fourth-order valence-corrected chi connectivity index (χ4v) is 1.45. The van der Waals surface area contributed by atoms with Gasteiger partial charge in [-0.15, -0.1) is 0 Å². The molecule has 16 heavy (non-hydrogen) atoms. The van der Waals surface area contributed by atoms with Gasteiger partial charge in [0.2, 0.25) is 0 Å². The Labute approximate surface area is 95.7 Å². The second-order valence-corrected chi connectivity index (χ2v) is 4.92. The molecule has 0 amide bonds. The van der Waals surface area contributed by atoms with Gasteiger partial charge in [-0.25, -0.2) is 0 Å². The third-order valence-electron chi connectivity index (χ3n) is 2.43. The van der Waals surface area contributed by atoms with E-state index < -0.39 is 0 Å². The number of H-pyrrole nitrogens is 1. The first-order valence-corrected chi connectivity index (χ1v) is 5.46. The van der Waals surface area contributed by atoms with E-state index >= 15 is 0 Å². The number of nitrogens with one attached hydrogen (secondary N) is 2. The van der Waals surface area contributed by atoms with Crippen molar-refractivity contribution in [3.63, 3.8) is 0 Å². The van der Waals surface area contributed by atoms with E-state index in [2.05, 4.69) is 42.2 Å². The molecule has 4 nitrogen and oxygen atoms in total. The van der Waals surface area contributed by atoms with Crippen molar-refractivity contribution in [2.24, 2.45) is 0 Å². The van der Waals surface area contributed by atoms with E-state index in [1.165, 1.54) is 5.56 Å². The van der Waals surface area contributed by atoms with E-state index in [1.807, 2.05) is 29.5 Å². The summed E-state index contributed by atoms with van der Waals surface area (Å²) in [6.07, 6.45) is 7.81. The molecule has 0 spiro atoms. The molecule has 2 heterocycles. The van der Waals surface area contributed by atoms with Gasteiger partial charge in [0, 0.05) is 25.1 Å². The summed E-state index contributed by atoms with van der Waals surface area (Å²) in [5, 5.41) is 7.67. The fourth-order valence-electron chi connectivity index (χ4n) is 1.45. The van der Waals surface area contributed by atoms with Crippen molar-refractivity contribution in [3.05, 3.63) is 36.4 Å². The van der Waals surface area contributed by atoms with Gasteiger partial charge in [-0.3, -0.25) is 4.68 Å². The summed E-state index contributed by atoms with van der Waals surface area (Å²) in [4.78, 5) is 3.03. The Morgan fingerprint density at radius 1 is 1.44 bits per heavy atom. The van der Waals surface area contributed by atoms with Gasteiger partial charge in [-0.05, 0) is 32.4 Å². The van der Waals surface area contributed by atoms with Gasteiger partial charge in [0.1, 0.15) is 0 Å². The molecule has 0 radical (unpaired) electrons. The van der Waals surface area contributed by atoms with Crippen LogP contribution in [0.3, 0.4) is 0 Å². The largest absolute Gasteiger partial charge is 0.378 e. The molecule has 0 atom stereocenters. The minimum atomic E-state index is 0.0357. The molecular formula is C12H18N4. The Bertz CT molecular complexity index is 434. The summed E-state index contributed by atoms with van der Waals surface area (Å²) in [7, 11) is 0. The van der Waals surface area contributed by atoms with Crippen molar-refractivity contribution in [3.8, 4) is 0 Å². The second-order valence-electron chi connectivity index (χ2n) is 4.92. The average Bonchev–Trinajstić information content (AvgIpc) is 2.85. The summed E-state index contributed by atoms with van der Waals surface area (Å²) in [6.45, 7) is 7.22. The summed E-state index contributed by atoms with van der Waals surface area (Å²) in [6, 6.07) is 2.06. The quantitative estimate of drug-likeness (QED) is 0.831. The summed E-state index contributed by atoms with van der Waals surface area (Å²) in [5.74, 6) is 0. The number of hydrogen-bond acceptors (Lipinski definition) is 2. The molecule has 4 heteroatoms. The Morgan fingerprint density at radius 3 is 2.81 bits per heavy atom. The van der Waals surface area contributed by atoms with Gasteiger partial charge in [0.25, 0.3) is 0 Å². The Kier molecular flexibility index (Phi) is 2.73. The van der Waals surface area contributed by atoms with E-state index in [9.17, 15) is 0 Å². The van der Waals surface area contributed by atoms with Crippen LogP contribution in [0, 0.1) is 0 Å². The zero-order chi connectivity index (χ0) is 11.6. The normalized spacial score (nSPS) is 11.7. The van der Waals surface area contributed by atoms with Crippen LogP contribution in [0.4, 0.5) is 5.69 Å². The molecule has 2 N–H and O–H groups in total. The van der Waals surface area contributed by atoms with Crippen LogP contribution in [-0.2, 0) is 12.1 Å². The van der Waals surface area contributed by atoms with Crippen molar-refractivity contribution in [1.82, 2.24) is 14.8 Å². The van der Waals surface area contributed by atoms with Crippen molar-refractivity contribution in [2.75, 3.05) is 5.32 Å². The van der Waals surface area contributed by atoms with Gasteiger partial charge in [-0.1, -0.05) is 0 Å². The maximum absolute atomic E-state index is 4.33. The van der Waals surface area contributed by atoms with Crippen LogP contribution in [-0.4, -0.2) is 14.8 Å². The van der Waals surface area contributed by atoms with Crippen LogP contribution in [0.5, 0.6) is 0 Å². The van der Waals surface area contributed by atoms with Gasteiger partial charge < -0.3 is 10.3 Å². The minimum Gasteiger partial charge on any atom is -0.378 e. The molecular weight excluding hydrogens is 200 g/mol. The smallest absolute Gasteiger partial charge is 0.0729 e. The van der Waals surface area contributed by atoms with Crippen LogP contribution >= 0.6 is 0 Å². The summed E-state index contributed by atoms with van der Waals surface area (Å²) >= 11 is 0. The van der Waals surface area contributed by atoms with Crippen LogP contribution in [0.2, 0.25) is 0 Å². The zero-order valence-electron chi connectivity index (χ0n) is 9.99. The summed E-state index contributed by atoms with van der Waals surface area (Å²) in [5.41, 5.74) is 2.33. The first-order valence-electron chi connectivity index (χ1n) is 5.46. The lowest BCUT2D eigenvalue weighted by Gasteiger charge is -2.18. The molecule has 0 aliphatic carbocycles. The highest BCUT2D eigenvalue weighted by Crippen LogP contribution is 2.16. The van der Waals surface area contributed by atoms with Gasteiger partial charge >= 0.3 is 0 Å². The molecule has 2 rings (SSSR count). The first kappa shape index (κ1) is 10.8. The highest BCUT2D eigenvalue weighted by Gasteiger charge is 2.13. The highest BCUT2D eigenvalue weighted by atomic mass is 15.3. The maximum Gasteiger partial charge on any atom is 0.0729 e. The maximum atomic E-state index is 4.33. The fraction of sp³-hybridized carbons (Fsp3) is 0.417. The van der Waals surface area contributed by atoms with E-state index in [1.54, 1.807) is 0 Å². The van der Waals surface area contributed by atoms with Crippen LogP contribution in [0.15, 0.2) is 30.9 Å². The monoisotopic (exact) mass is 218 g/mol. The van der Waals surface area contributed by atoms with E-state index in [4.69, 9.17) is 0 Å². The third kappa shape index (κ3) is 2.45. The molecule has 0 unspecified atom stereocenters. The lowest BCUT2D eigenvalue weighted by Crippen LogP contribution is -2.21. The topological polar surface area (TPSA) is 45.6 Å². The van der Waals surface area contributed by atoms with Crippen molar-refractivity contribution in [1.29, 1.82) is 0 Å². The molecule has 86 valence electrons. The predicted molar refractivity (Wildman–Crippen MR) is 65.3 cm³/mol. The molecule has 0 fully saturated rings. The Morgan fingerprint density at radius 2 is 2.25 bits per heavy atom. The third-order valence-corrected chi connectivity index (χ3v) is 2.43. The molecule has 0 saturated carbocycles. The first-order chi connectivity index (χ1) is 7.55. The molecule has 0 saturated heterocycles. The van der Waals surface area contributed by atoms with Gasteiger partial charge in [0.15, 0.2) is 0 Å². The van der Waals surface area contributed by atoms with Crippen molar-refractivity contribution < 1.29 is 0 Å². The minimum absolute atomic E-state index is 0.0357. The molecule has 2 aromatic rings. The van der Waals surface area contributed by atoms with E-state index in [0.717, 1.165) is 12.2 Å². The van der Waals surface area contributed by atoms with E-state index in [0.29, 0.717) is 0 Å². The van der Waals surface area contributed by atoms with Crippen molar-refractivity contribution >= 4 is 5.69 Å². The second kappa shape index (κ2) is 4.04. The van der Waals surface area contributed by atoms with Crippen LogP contribution in [0.1, 0.15) is 26.3 Å². The number of anilines is 1. The van der Waals surface area contributed by atoms with Crippen LogP contribution < -0.4 is 5.32 Å².